The fourth-order valence-corrected chi connectivity index (χ4v) is 2.79. The van der Waals surface area contributed by atoms with Crippen LogP contribution in [0.4, 0.5) is 11.4 Å². The molecule has 0 saturated heterocycles. The maximum atomic E-state index is 12.3. The molecule has 0 radical (unpaired) electrons. The van der Waals surface area contributed by atoms with Crippen LogP contribution in [0.2, 0.25) is 0 Å². The highest BCUT2D eigenvalue weighted by Crippen LogP contribution is 2.19. The Morgan fingerprint density at radius 3 is 2.23 bits per heavy atom. The zero-order chi connectivity index (χ0) is 19.3. The molecule has 138 valence electrons. The van der Waals surface area contributed by atoms with Crippen LogP contribution in [0.1, 0.15) is 29.2 Å². The third kappa shape index (κ3) is 5.09. The van der Waals surface area contributed by atoms with E-state index in [0.29, 0.717) is 0 Å². The number of amides is 2. The number of benzene rings is 2. The molecule has 2 rings (SSSR count). The summed E-state index contributed by atoms with van der Waals surface area (Å²) in [6.07, 6.45) is 0. The second kappa shape index (κ2) is 8.52. The van der Waals surface area contributed by atoms with E-state index in [1.54, 1.807) is 6.92 Å². The van der Waals surface area contributed by atoms with Crippen molar-refractivity contribution >= 4 is 23.2 Å². The number of para-hydroxylation sites is 1. The number of aryl methyl sites for hydroxylation is 4. The number of hydrogen-bond acceptors (Lipinski definition) is 3. The number of carbonyl (C=O) groups excluding carboxylic acids is 2. The Hall–Kier alpha value is -2.82. The lowest BCUT2D eigenvalue weighted by Crippen LogP contribution is -2.41. The van der Waals surface area contributed by atoms with Gasteiger partial charge in [-0.05, 0) is 57.4 Å². The molecule has 2 amide bonds. The van der Waals surface area contributed by atoms with Crippen molar-refractivity contribution in [2.75, 3.05) is 17.2 Å². The summed E-state index contributed by atoms with van der Waals surface area (Å²) in [5.41, 5.74) is 5.96. The molecule has 0 bridgehead atoms. The lowest BCUT2D eigenvalue weighted by molar-refractivity contribution is -0.124. The summed E-state index contributed by atoms with van der Waals surface area (Å²) in [7, 11) is 0. The average Bonchev–Trinajstić information content (AvgIpc) is 2.58. The van der Waals surface area contributed by atoms with E-state index in [1.807, 2.05) is 58.0 Å². The first-order chi connectivity index (χ1) is 12.3. The monoisotopic (exact) mass is 353 g/mol. The van der Waals surface area contributed by atoms with E-state index in [0.717, 1.165) is 28.1 Å². The lowest BCUT2D eigenvalue weighted by Gasteiger charge is -2.17. The van der Waals surface area contributed by atoms with Crippen molar-refractivity contribution in [2.45, 2.75) is 40.7 Å². The molecular formula is C21H27N3O2. The summed E-state index contributed by atoms with van der Waals surface area (Å²) in [6.45, 7) is 9.62. The van der Waals surface area contributed by atoms with E-state index in [-0.39, 0.29) is 18.4 Å². The Morgan fingerprint density at radius 1 is 0.962 bits per heavy atom. The van der Waals surface area contributed by atoms with Crippen LogP contribution < -0.4 is 16.0 Å². The topological polar surface area (TPSA) is 70.2 Å². The van der Waals surface area contributed by atoms with Gasteiger partial charge in [0, 0.05) is 11.4 Å². The zero-order valence-corrected chi connectivity index (χ0v) is 16.1. The van der Waals surface area contributed by atoms with Crippen LogP contribution in [-0.2, 0) is 9.59 Å². The molecule has 2 aromatic rings. The molecule has 3 N–H and O–H groups in total. The van der Waals surface area contributed by atoms with Gasteiger partial charge in [-0.15, -0.1) is 0 Å². The molecule has 5 heteroatoms. The van der Waals surface area contributed by atoms with Gasteiger partial charge < -0.3 is 16.0 Å². The molecule has 0 unspecified atom stereocenters. The van der Waals surface area contributed by atoms with Crippen LogP contribution in [-0.4, -0.2) is 24.4 Å². The minimum Gasteiger partial charge on any atom is -0.374 e. The van der Waals surface area contributed by atoms with E-state index in [1.165, 1.54) is 5.56 Å². The van der Waals surface area contributed by atoms with E-state index < -0.39 is 6.04 Å². The van der Waals surface area contributed by atoms with Gasteiger partial charge in [-0.25, -0.2) is 0 Å². The molecule has 26 heavy (non-hydrogen) atoms. The summed E-state index contributed by atoms with van der Waals surface area (Å²) in [6, 6.07) is 11.4. The quantitative estimate of drug-likeness (QED) is 0.745. The highest BCUT2D eigenvalue weighted by molar-refractivity contribution is 5.96. The lowest BCUT2D eigenvalue weighted by atomic mass is 10.1. The Labute approximate surface area is 155 Å². The van der Waals surface area contributed by atoms with Gasteiger partial charge in [0.1, 0.15) is 6.04 Å². The van der Waals surface area contributed by atoms with Gasteiger partial charge in [-0.3, -0.25) is 9.59 Å². The number of rotatable bonds is 6. The van der Waals surface area contributed by atoms with E-state index in [4.69, 9.17) is 0 Å². The molecule has 0 fully saturated rings. The van der Waals surface area contributed by atoms with Gasteiger partial charge in [-0.1, -0.05) is 35.9 Å². The van der Waals surface area contributed by atoms with E-state index in [9.17, 15) is 9.59 Å². The Morgan fingerprint density at radius 2 is 1.62 bits per heavy atom. The number of carbonyl (C=O) groups is 2. The maximum absolute atomic E-state index is 12.3. The van der Waals surface area contributed by atoms with Crippen molar-refractivity contribution in [3.63, 3.8) is 0 Å². The fourth-order valence-electron chi connectivity index (χ4n) is 2.79. The molecule has 0 aliphatic heterocycles. The molecule has 0 aliphatic rings. The van der Waals surface area contributed by atoms with Gasteiger partial charge in [-0.2, -0.15) is 0 Å². The van der Waals surface area contributed by atoms with Gasteiger partial charge >= 0.3 is 0 Å². The smallest absolute Gasteiger partial charge is 0.243 e. The summed E-state index contributed by atoms with van der Waals surface area (Å²) in [5, 5.41) is 8.73. The second-order valence-corrected chi connectivity index (χ2v) is 6.72. The highest BCUT2D eigenvalue weighted by Gasteiger charge is 2.15. The first kappa shape index (κ1) is 19.5. The second-order valence-electron chi connectivity index (χ2n) is 6.72. The molecule has 0 aliphatic carbocycles. The molecule has 0 saturated carbocycles. The summed E-state index contributed by atoms with van der Waals surface area (Å²) in [5.74, 6) is -0.462. The van der Waals surface area contributed by atoms with Crippen molar-refractivity contribution < 1.29 is 9.59 Å². The standard InChI is InChI=1S/C21H27N3O2/c1-13-9-10-18(16(4)11-13)23-17(5)21(26)22-12-19(25)24-20-14(2)7-6-8-15(20)3/h6-11,17,23H,12H2,1-5H3,(H,22,26)(H,24,25)/t17-/m0/s1. The van der Waals surface area contributed by atoms with Crippen LogP contribution in [0.3, 0.4) is 0 Å². The van der Waals surface area contributed by atoms with Gasteiger partial charge in [0.2, 0.25) is 11.8 Å². The Kier molecular flexibility index (Phi) is 6.39. The minimum absolute atomic E-state index is 0.0640. The largest absolute Gasteiger partial charge is 0.374 e. The van der Waals surface area contributed by atoms with E-state index >= 15 is 0 Å². The molecule has 1 atom stereocenters. The van der Waals surface area contributed by atoms with Crippen molar-refractivity contribution in [1.82, 2.24) is 5.32 Å². The Balaban J connectivity index is 1.88. The van der Waals surface area contributed by atoms with Crippen LogP contribution in [0.15, 0.2) is 36.4 Å². The average molecular weight is 353 g/mol. The molecule has 0 spiro atoms. The zero-order valence-electron chi connectivity index (χ0n) is 16.1. The summed E-state index contributed by atoms with van der Waals surface area (Å²) < 4.78 is 0. The summed E-state index contributed by atoms with van der Waals surface area (Å²) >= 11 is 0. The van der Waals surface area contributed by atoms with Gasteiger partial charge in [0.05, 0.1) is 6.54 Å². The summed E-state index contributed by atoms with van der Waals surface area (Å²) in [4.78, 5) is 24.4. The van der Waals surface area contributed by atoms with Crippen molar-refractivity contribution in [3.05, 3.63) is 58.7 Å². The third-order valence-corrected chi connectivity index (χ3v) is 4.32. The maximum Gasteiger partial charge on any atom is 0.243 e. The van der Waals surface area contributed by atoms with Crippen LogP contribution >= 0.6 is 0 Å². The molecule has 2 aromatic carbocycles. The van der Waals surface area contributed by atoms with Crippen molar-refractivity contribution in [3.8, 4) is 0 Å². The first-order valence-corrected chi connectivity index (χ1v) is 8.75. The van der Waals surface area contributed by atoms with Crippen molar-refractivity contribution in [2.24, 2.45) is 0 Å². The number of nitrogens with one attached hydrogen (secondary N) is 3. The minimum atomic E-state index is -0.440. The molecule has 5 nitrogen and oxygen atoms in total. The predicted octanol–water partition coefficient (Wildman–Crippen LogP) is 3.48. The van der Waals surface area contributed by atoms with Crippen molar-refractivity contribution in [1.29, 1.82) is 0 Å². The molecule has 0 aromatic heterocycles. The SMILES string of the molecule is Cc1ccc(N[C@@H](C)C(=O)NCC(=O)Nc2c(C)cccc2C)c(C)c1. The van der Waals surface area contributed by atoms with Gasteiger partial charge in [0.15, 0.2) is 0 Å². The number of hydrogen-bond donors (Lipinski definition) is 3. The fraction of sp³-hybridized carbons (Fsp3) is 0.333. The normalized spacial score (nSPS) is 11.6. The number of anilines is 2. The highest BCUT2D eigenvalue weighted by atomic mass is 16.2. The Bertz CT molecular complexity index is 795. The van der Waals surface area contributed by atoms with Crippen LogP contribution in [0.5, 0.6) is 0 Å². The first-order valence-electron chi connectivity index (χ1n) is 8.75. The van der Waals surface area contributed by atoms with E-state index in [2.05, 4.69) is 22.0 Å². The molecular weight excluding hydrogens is 326 g/mol. The third-order valence-electron chi connectivity index (χ3n) is 4.32. The van der Waals surface area contributed by atoms with Crippen LogP contribution in [0.25, 0.3) is 0 Å². The van der Waals surface area contributed by atoms with Crippen LogP contribution in [0, 0.1) is 27.7 Å². The van der Waals surface area contributed by atoms with Gasteiger partial charge in [0.25, 0.3) is 0 Å². The molecule has 0 heterocycles. The predicted molar refractivity (Wildman–Crippen MR) is 107 cm³/mol.